The van der Waals surface area contributed by atoms with Crippen molar-refractivity contribution in [1.29, 1.82) is 0 Å². The largest absolute Gasteiger partial charge is 0.348 e. The van der Waals surface area contributed by atoms with Crippen molar-refractivity contribution in [3.8, 4) is 0 Å². The normalized spacial score (nSPS) is 14.2. The lowest BCUT2D eigenvalue weighted by Crippen LogP contribution is -2.36. The molecule has 1 aliphatic rings. The second-order valence-corrected chi connectivity index (χ2v) is 9.37. The van der Waals surface area contributed by atoms with Crippen LogP contribution in [0.15, 0.2) is 84.3 Å². The molecule has 7 nitrogen and oxygen atoms in total. The van der Waals surface area contributed by atoms with Crippen molar-refractivity contribution in [3.05, 3.63) is 96.1 Å². The first-order valence-electron chi connectivity index (χ1n) is 9.99. The van der Waals surface area contributed by atoms with Gasteiger partial charge in [-0.3, -0.25) is 4.79 Å². The highest BCUT2D eigenvalue weighted by molar-refractivity contribution is 7.90. The summed E-state index contributed by atoms with van der Waals surface area (Å²) < 4.78 is 25.6. The number of urea groups is 1. The Morgan fingerprint density at radius 3 is 2.56 bits per heavy atom. The zero-order valence-electron chi connectivity index (χ0n) is 17.7. The Labute approximate surface area is 187 Å². The molecule has 1 aliphatic heterocycles. The molecular formula is C24H25N3O4S. The standard InChI is InChI=1S/C24H25N3O4S/c1-4-6-18(5-2)16(3)26-24(29)27-20-9-11-21(12-10-20)32(30,31)15-17-7-8-19-14-25-23(28)22(19)13-17/h4-13,16H,1-2,14-15H2,3H3,(H,25,28)(H2,26,27,29)/b18-6+. The summed E-state index contributed by atoms with van der Waals surface area (Å²) in [6.45, 7) is 9.62. The smallest absolute Gasteiger partial charge is 0.319 e. The van der Waals surface area contributed by atoms with Crippen LogP contribution in [0.3, 0.4) is 0 Å². The fourth-order valence-electron chi connectivity index (χ4n) is 3.37. The Morgan fingerprint density at radius 1 is 1.19 bits per heavy atom. The number of benzene rings is 2. The average molecular weight is 452 g/mol. The van der Waals surface area contributed by atoms with E-state index in [0.29, 0.717) is 23.4 Å². The minimum absolute atomic E-state index is 0.129. The van der Waals surface area contributed by atoms with Crippen molar-refractivity contribution in [3.63, 3.8) is 0 Å². The average Bonchev–Trinajstić information content (AvgIpc) is 3.12. The maximum atomic E-state index is 12.8. The van der Waals surface area contributed by atoms with E-state index in [1.54, 1.807) is 36.4 Å². The minimum Gasteiger partial charge on any atom is -0.348 e. The van der Waals surface area contributed by atoms with Gasteiger partial charge in [-0.25, -0.2) is 13.2 Å². The second kappa shape index (κ2) is 9.65. The van der Waals surface area contributed by atoms with Crippen LogP contribution < -0.4 is 16.0 Å². The van der Waals surface area contributed by atoms with Gasteiger partial charge in [0.15, 0.2) is 9.84 Å². The van der Waals surface area contributed by atoms with Crippen LogP contribution in [-0.4, -0.2) is 26.4 Å². The number of hydrogen-bond donors (Lipinski definition) is 3. The molecule has 0 bridgehead atoms. The first kappa shape index (κ1) is 23.0. The van der Waals surface area contributed by atoms with Gasteiger partial charge < -0.3 is 16.0 Å². The van der Waals surface area contributed by atoms with Crippen LogP contribution in [0.5, 0.6) is 0 Å². The highest BCUT2D eigenvalue weighted by Gasteiger charge is 2.21. The van der Waals surface area contributed by atoms with Gasteiger partial charge in [-0.15, -0.1) is 0 Å². The molecule has 3 rings (SSSR count). The molecular weight excluding hydrogens is 426 g/mol. The lowest BCUT2D eigenvalue weighted by molar-refractivity contribution is 0.0965. The zero-order chi connectivity index (χ0) is 23.3. The summed E-state index contributed by atoms with van der Waals surface area (Å²) in [5, 5.41) is 8.17. The molecule has 0 fully saturated rings. The SMILES string of the molecule is C=C/C=C(\C=C)C(C)NC(=O)Nc1ccc(S(=O)(=O)Cc2ccc3c(c2)C(=O)NC3)cc1. The van der Waals surface area contributed by atoms with Crippen molar-refractivity contribution >= 4 is 27.5 Å². The number of hydrogen-bond acceptors (Lipinski definition) is 4. The quantitative estimate of drug-likeness (QED) is 0.532. The molecule has 1 heterocycles. The lowest BCUT2D eigenvalue weighted by Gasteiger charge is -2.16. The monoisotopic (exact) mass is 451 g/mol. The van der Waals surface area contributed by atoms with Crippen molar-refractivity contribution < 1.29 is 18.0 Å². The summed E-state index contributed by atoms with van der Waals surface area (Å²) in [5.41, 5.74) is 3.18. The molecule has 32 heavy (non-hydrogen) atoms. The van der Waals surface area contributed by atoms with E-state index in [2.05, 4.69) is 29.1 Å². The van der Waals surface area contributed by atoms with Crippen molar-refractivity contribution in [2.24, 2.45) is 0 Å². The van der Waals surface area contributed by atoms with Crippen LogP contribution in [0.25, 0.3) is 0 Å². The molecule has 0 saturated carbocycles. The van der Waals surface area contributed by atoms with E-state index in [1.807, 2.05) is 6.92 Å². The van der Waals surface area contributed by atoms with Gasteiger partial charge in [0.05, 0.1) is 16.7 Å². The summed E-state index contributed by atoms with van der Waals surface area (Å²) in [7, 11) is -3.62. The number of allylic oxidation sites excluding steroid dienone is 2. The van der Waals surface area contributed by atoms with Crippen LogP contribution >= 0.6 is 0 Å². The number of nitrogens with one attached hydrogen (secondary N) is 3. The van der Waals surface area contributed by atoms with Crippen LogP contribution in [0, 0.1) is 0 Å². The molecule has 2 aromatic rings. The Hall–Kier alpha value is -3.65. The third-order valence-electron chi connectivity index (χ3n) is 5.08. The van der Waals surface area contributed by atoms with E-state index in [9.17, 15) is 18.0 Å². The first-order chi connectivity index (χ1) is 15.2. The zero-order valence-corrected chi connectivity index (χ0v) is 18.5. The predicted octanol–water partition coefficient (Wildman–Crippen LogP) is 3.71. The molecule has 0 aromatic heterocycles. The Bertz CT molecular complexity index is 1200. The molecule has 0 radical (unpaired) electrons. The Balaban J connectivity index is 1.65. The summed E-state index contributed by atoms with van der Waals surface area (Å²) in [5.74, 6) is -0.416. The van der Waals surface area contributed by atoms with Gasteiger partial charge >= 0.3 is 6.03 Å². The molecule has 8 heteroatoms. The number of anilines is 1. The maximum absolute atomic E-state index is 12.8. The maximum Gasteiger partial charge on any atom is 0.319 e. The van der Waals surface area contributed by atoms with Gasteiger partial charge in [0.1, 0.15) is 0 Å². The third kappa shape index (κ3) is 5.33. The van der Waals surface area contributed by atoms with E-state index in [1.165, 1.54) is 24.3 Å². The van der Waals surface area contributed by atoms with E-state index in [4.69, 9.17) is 0 Å². The highest BCUT2D eigenvalue weighted by Crippen LogP contribution is 2.22. The Kier molecular flexibility index (Phi) is 6.95. The lowest BCUT2D eigenvalue weighted by atomic mass is 10.1. The molecule has 166 valence electrons. The number of fused-ring (bicyclic) bond motifs is 1. The van der Waals surface area contributed by atoms with Crippen LogP contribution in [0.1, 0.15) is 28.4 Å². The molecule has 0 aliphatic carbocycles. The summed E-state index contributed by atoms with van der Waals surface area (Å²) in [6, 6.07) is 10.4. The third-order valence-corrected chi connectivity index (χ3v) is 6.78. The van der Waals surface area contributed by atoms with E-state index in [-0.39, 0.29) is 22.6 Å². The van der Waals surface area contributed by atoms with Gasteiger partial charge in [-0.1, -0.05) is 43.5 Å². The van der Waals surface area contributed by atoms with Gasteiger partial charge in [-0.2, -0.15) is 0 Å². The number of sulfone groups is 1. The molecule has 1 atom stereocenters. The molecule has 2 aromatic carbocycles. The van der Waals surface area contributed by atoms with Crippen LogP contribution in [0.4, 0.5) is 10.5 Å². The summed E-state index contributed by atoms with van der Waals surface area (Å²) >= 11 is 0. The van der Waals surface area contributed by atoms with Crippen molar-refractivity contribution in [2.45, 2.75) is 30.2 Å². The fraction of sp³-hybridized carbons (Fsp3) is 0.167. The summed E-state index contributed by atoms with van der Waals surface area (Å²) in [6.07, 6.45) is 5.01. The molecule has 0 spiro atoms. The number of carbonyl (C=O) groups is 2. The van der Waals surface area contributed by atoms with Gasteiger partial charge in [0.25, 0.3) is 5.91 Å². The number of amides is 3. The predicted molar refractivity (Wildman–Crippen MR) is 125 cm³/mol. The van der Waals surface area contributed by atoms with Crippen LogP contribution in [-0.2, 0) is 22.1 Å². The highest BCUT2D eigenvalue weighted by atomic mass is 32.2. The van der Waals surface area contributed by atoms with E-state index >= 15 is 0 Å². The topological polar surface area (TPSA) is 104 Å². The molecule has 1 unspecified atom stereocenters. The molecule has 3 amide bonds. The van der Waals surface area contributed by atoms with Gasteiger partial charge in [0.2, 0.25) is 0 Å². The van der Waals surface area contributed by atoms with Crippen molar-refractivity contribution in [2.75, 3.05) is 5.32 Å². The van der Waals surface area contributed by atoms with Gasteiger partial charge in [0, 0.05) is 17.8 Å². The van der Waals surface area contributed by atoms with Gasteiger partial charge in [-0.05, 0) is 54.0 Å². The fourth-order valence-corrected chi connectivity index (χ4v) is 4.71. The minimum atomic E-state index is -3.62. The van der Waals surface area contributed by atoms with Crippen molar-refractivity contribution in [1.82, 2.24) is 10.6 Å². The second-order valence-electron chi connectivity index (χ2n) is 7.38. The number of carbonyl (C=O) groups excluding carboxylic acids is 2. The number of rotatable bonds is 8. The summed E-state index contributed by atoms with van der Waals surface area (Å²) in [4.78, 5) is 24.2. The van der Waals surface area contributed by atoms with E-state index < -0.39 is 15.9 Å². The van der Waals surface area contributed by atoms with Crippen LogP contribution in [0.2, 0.25) is 0 Å². The first-order valence-corrected chi connectivity index (χ1v) is 11.6. The molecule has 3 N–H and O–H groups in total. The molecule has 0 saturated heterocycles. The van der Waals surface area contributed by atoms with E-state index in [0.717, 1.165) is 11.1 Å². The Morgan fingerprint density at radius 2 is 1.91 bits per heavy atom.